The molecule has 3 unspecified atom stereocenters. The van der Waals surface area contributed by atoms with E-state index in [1.807, 2.05) is 19.1 Å². The Morgan fingerprint density at radius 1 is 1.14 bits per heavy atom. The SMILES string of the molecule is CC(C(=O)Nc1ccc(Cl)cc1)C1CC2CC(O)CC(C2)C1. The molecule has 0 aromatic heterocycles. The summed E-state index contributed by atoms with van der Waals surface area (Å²) >= 11 is 5.87. The van der Waals surface area contributed by atoms with E-state index in [1.165, 1.54) is 6.42 Å². The Morgan fingerprint density at radius 3 is 2.32 bits per heavy atom. The average molecular weight is 322 g/mol. The summed E-state index contributed by atoms with van der Waals surface area (Å²) in [5, 5.41) is 13.5. The van der Waals surface area contributed by atoms with Crippen LogP contribution in [0, 0.1) is 23.7 Å². The molecule has 3 atom stereocenters. The molecule has 1 aromatic rings. The first-order valence-corrected chi connectivity index (χ1v) is 8.63. The van der Waals surface area contributed by atoms with Crippen LogP contribution in [-0.4, -0.2) is 17.1 Å². The van der Waals surface area contributed by atoms with Crippen LogP contribution in [0.3, 0.4) is 0 Å². The van der Waals surface area contributed by atoms with Crippen molar-refractivity contribution in [3.63, 3.8) is 0 Å². The number of anilines is 1. The third-order valence-electron chi connectivity index (χ3n) is 5.38. The van der Waals surface area contributed by atoms with Gasteiger partial charge in [-0.3, -0.25) is 4.79 Å². The molecule has 2 bridgehead atoms. The number of halogens is 1. The average Bonchev–Trinajstić information content (AvgIpc) is 2.47. The van der Waals surface area contributed by atoms with E-state index in [4.69, 9.17) is 11.6 Å². The van der Waals surface area contributed by atoms with Gasteiger partial charge in [-0.25, -0.2) is 0 Å². The lowest BCUT2D eigenvalue weighted by Crippen LogP contribution is -2.38. The molecule has 3 rings (SSSR count). The molecule has 0 saturated heterocycles. The van der Waals surface area contributed by atoms with Gasteiger partial charge in [-0.2, -0.15) is 0 Å². The maximum atomic E-state index is 12.5. The summed E-state index contributed by atoms with van der Waals surface area (Å²) in [5.74, 6) is 1.73. The molecule has 0 aliphatic heterocycles. The van der Waals surface area contributed by atoms with E-state index >= 15 is 0 Å². The van der Waals surface area contributed by atoms with Gasteiger partial charge in [-0.15, -0.1) is 0 Å². The van der Waals surface area contributed by atoms with E-state index in [1.54, 1.807) is 12.1 Å². The highest BCUT2D eigenvalue weighted by molar-refractivity contribution is 6.30. The maximum absolute atomic E-state index is 12.5. The lowest BCUT2D eigenvalue weighted by Gasteiger charge is -2.42. The number of fused-ring (bicyclic) bond motifs is 2. The predicted molar refractivity (Wildman–Crippen MR) is 88.8 cm³/mol. The highest BCUT2D eigenvalue weighted by atomic mass is 35.5. The molecule has 3 nitrogen and oxygen atoms in total. The molecule has 120 valence electrons. The minimum absolute atomic E-state index is 0.0104. The van der Waals surface area contributed by atoms with Gasteiger partial charge in [0.1, 0.15) is 0 Å². The van der Waals surface area contributed by atoms with Crippen molar-refractivity contribution in [2.75, 3.05) is 5.32 Å². The third kappa shape index (κ3) is 3.64. The number of carbonyl (C=O) groups excluding carboxylic acids is 1. The van der Waals surface area contributed by atoms with E-state index in [0.29, 0.717) is 22.8 Å². The molecular weight excluding hydrogens is 298 g/mol. The first-order valence-electron chi connectivity index (χ1n) is 8.25. The summed E-state index contributed by atoms with van der Waals surface area (Å²) in [6, 6.07) is 7.24. The molecule has 22 heavy (non-hydrogen) atoms. The van der Waals surface area contributed by atoms with Gasteiger partial charge in [0.25, 0.3) is 0 Å². The van der Waals surface area contributed by atoms with Crippen LogP contribution in [0.4, 0.5) is 5.69 Å². The van der Waals surface area contributed by atoms with Gasteiger partial charge in [0.15, 0.2) is 0 Å². The quantitative estimate of drug-likeness (QED) is 0.880. The highest BCUT2D eigenvalue weighted by Gasteiger charge is 2.38. The molecule has 2 aliphatic rings. The second-order valence-electron chi connectivity index (χ2n) is 7.11. The van der Waals surface area contributed by atoms with E-state index in [-0.39, 0.29) is 17.9 Å². The summed E-state index contributed by atoms with van der Waals surface area (Å²) < 4.78 is 0. The molecule has 2 fully saturated rings. The molecule has 1 amide bonds. The van der Waals surface area contributed by atoms with Crippen LogP contribution in [0.1, 0.15) is 39.0 Å². The molecule has 0 radical (unpaired) electrons. The third-order valence-corrected chi connectivity index (χ3v) is 5.63. The molecule has 2 saturated carbocycles. The number of nitrogens with one attached hydrogen (secondary N) is 1. The summed E-state index contributed by atoms with van der Waals surface area (Å²) in [6.07, 6.45) is 5.09. The van der Waals surface area contributed by atoms with E-state index in [0.717, 1.165) is 31.4 Å². The van der Waals surface area contributed by atoms with Crippen LogP contribution in [0.15, 0.2) is 24.3 Å². The van der Waals surface area contributed by atoms with Crippen molar-refractivity contribution in [3.05, 3.63) is 29.3 Å². The van der Waals surface area contributed by atoms with Crippen molar-refractivity contribution in [1.82, 2.24) is 0 Å². The fourth-order valence-electron chi connectivity index (χ4n) is 4.28. The van der Waals surface area contributed by atoms with Crippen molar-refractivity contribution in [2.45, 2.75) is 45.1 Å². The van der Waals surface area contributed by atoms with Crippen molar-refractivity contribution in [2.24, 2.45) is 23.7 Å². The Balaban J connectivity index is 1.60. The van der Waals surface area contributed by atoms with Crippen LogP contribution in [0.25, 0.3) is 0 Å². The molecule has 1 aromatic carbocycles. The van der Waals surface area contributed by atoms with Gasteiger partial charge in [-0.05, 0) is 74.1 Å². The summed E-state index contributed by atoms with van der Waals surface area (Å²) in [5.41, 5.74) is 0.799. The zero-order chi connectivity index (χ0) is 15.7. The highest BCUT2D eigenvalue weighted by Crippen LogP contribution is 2.45. The number of rotatable bonds is 3. The largest absolute Gasteiger partial charge is 0.393 e. The Labute approximate surface area is 137 Å². The van der Waals surface area contributed by atoms with Gasteiger partial charge in [0.05, 0.1) is 6.10 Å². The van der Waals surface area contributed by atoms with Crippen molar-refractivity contribution in [1.29, 1.82) is 0 Å². The van der Waals surface area contributed by atoms with Crippen LogP contribution in [0.2, 0.25) is 5.02 Å². The Morgan fingerprint density at radius 2 is 1.73 bits per heavy atom. The lowest BCUT2D eigenvalue weighted by molar-refractivity contribution is -0.122. The standard InChI is InChI=1S/C18H24ClNO2/c1-11(18(22)20-16-4-2-15(19)3-5-16)14-7-12-6-13(8-14)10-17(21)9-12/h2-5,11-14,17,21H,6-10H2,1H3,(H,20,22). The second kappa shape index (κ2) is 6.59. The van der Waals surface area contributed by atoms with Crippen molar-refractivity contribution in [3.8, 4) is 0 Å². The monoisotopic (exact) mass is 321 g/mol. The van der Waals surface area contributed by atoms with Crippen LogP contribution in [0.5, 0.6) is 0 Å². The van der Waals surface area contributed by atoms with Crippen LogP contribution in [-0.2, 0) is 4.79 Å². The normalized spacial score (nSPS) is 32.3. The Bertz CT molecular complexity index is 512. The zero-order valence-electron chi connectivity index (χ0n) is 13.0. The number of amides is 1. The van der Waals surface area contributed by atoms with E-state index in [2.05, 4.69) is 5.32 Å². The topological polar surface area (TPSA) is 49.3 Å². The van der Waals surface area contributed by atoms with Gasteiger partial charge in [0, 0.05) is 16.6 Å². The fraction of sp³-hybridized carbons (Fsp3) is 0.611. The molecular formula is C18H24ClNO2. The molecule has 4 heteroatoms. The Hall–Kier alpha value is -1.06. The van der Waals surface area contributed by atoms with E-state index < -0.39 is 0 Å². The molecule has 2 aliphatic carbocycles. The molecule has 2 N–H and O–H groups in total. The number of hydrogen-bond donors (Lipinski definition) is 2. The number of hydrogen-bond acceptors (Lipinski definition) is 2. The smallest absolute Gasteiger partial charge is 0.227 e. The summed E-state index contributed by atoms with van der Waals surface area (Å²) in [6.45, 7) is 2.04. The van der Waals surface area contributed by atoms with E-state index in [9.17, 15) is 9.90 Å². The Kier molecular flexibility index (Phi) is 4.74. The van der Waals surface area contributed by atoms with Crippen LogP contribution < -0.4 is 5.32 Å². The minimum atomic E-state index is -0.122. The predicted octanol–water partition coefficient (Wildman–Crippen LogP) is 4.10. The number of benzene rings is 1. The zero-order valence-corrected chi connectivity index (χ0v) is 13.7. The fourth-order valence-corrected chi connectivity index (χ4v) is 4.40. The maximum Gasteiger partial charge on any atom is 0.227 e. The van der Waals surface area contributed by atoms with Crippen molar-refractivity contribution >= 4 is 23.2 Å². The van der Waals surface area contributed by atoms with Gasteiger partial charge >= 0.3 is 0 Å². The summed E-state index contributed by atoms with van der Waals surface area (Å²) in [7, 11) is 0. The van der Waals surface area contributed by atoms with Crippen LogP contribution >= 0.6 is 11.6 Å². The molecule has 0 heterocycles. The number of carbonyl (C=O) groups is 1. The van der Waals surface area contributed by atoms with Gasteiger partial charge < -0.3 is 10.4 Å². The summed E-state index contributed by atoms with van der Waals surface area (Å²) in [4.78, 5) is 12.5. The van der Waals surface area contributed by atoms with Gasteiger partial charge in [0.2, 0.25) is 5.91 Å². The lowest BCUT2D eigenvalue weighted by atomic mass is 9.64. The number of aliphatic hydroxyl groups is 1. The molecule has 0 spiro atoms. The second-order valence-corrected chi connectivity index (χ2v) is 7.55. The van der Waals surface area contributed by atoms with Gasteiger partial charge in [-0.1, -0.05) is 18.5 Å². The first-order chi connectivity index (χ1) is 10.5. The first kappa shape index (κ1) is 15.8. The van der Waals surface area contributed by atoms with Crippen molar-refractivity contribution < 1.29 is 9.90 Å². The minimum Gasteiger partial charge on any atom is -0.393 e. The number of aliphatic hydroxyl groups excluding tert-OH is 1.